The Kier molecular flexibility index (Phi) is 4.98. The van der Waals surface area contributed by atoms with Gasteiger partial charge >= 0.3 is 0 Å². The highest BCUT2D eigenvalue weighted by Gasteiger charge is 2.20. The van der Waals surface area contributed by atoms with Gasteiger partial charge in [0.2, 0.25) is 0 Å². The molecule has 0 aliphatic rings. The Morgan fingerprint density at radius 3 is 1.85 bits per heavy atom. The molecule has 0 bridgehead atoms. The lowest BCUT2D eigenvalue weighted by Gasteiger charge is -2.30. The molecule has 0 aromatic heterocycles. The van der Waals surface area contributed by atoms with Crippen molar-refractivity contribution in [3.63, 3.8) is 0 Å². The Morgan fingerprint density at radius 2 is 1.54 bits per heavy atom. The normalized spacial score (nSPS) is 15.5. The average molecular weight is 185 g/mol. The van der Waals surface area contributed by atoms with Gasteiger partial charge in [-0.2, -0.15) is 0 Å². The predicted molar refractivity (Wildman–Crippen MR) is 61.0 cm³/mol. The van der Waals surface area contributed by atoms with Gasteiger partial charge in [0.15, 0.2) is 0 Å². The minimum Gasteiger partial charge on any atom is -0.304 e. The molecule has 0 fully saturated rings. The van der Waals surface area contributed by atoms with E-state index in [4.69, 9.17) is 0 Å². The van der Waals surface area contributed by atoms with E-state index in [0.29, 0.717) is 11.5 Å². The highest BCUT2D eigenvalue weighted by molar-refractivity contribution is 4.71. The SMILES string of the molecule is CC(C)N(C)CCC(C)C(C)(C)C. The monoisotopic (exact) mass is 185 g/mol. The number of nitrogens with zero attached hydrogens (tertiary/aromatic N) is 1. The average Bonchev–Trinajstić information content (AvgIpc) is 1.97. The van der Waals surface area contributed by atoms with Crippen LogP contribution >= 0.6 is 0 Å². The number of hydrogen-bond donors (Lipinski definition) is 0. The van der Waals surface area contributed by atoms with Gasteiger partial charge in [-0.05, 0) is 45.2 Å². The minimum atomic E-state index is 0.456. The molecule has 1 unspecified atom stereocenters. The van der Waals surface area contributed by atoms with Gasteiger partial charge in [-0.1, -0.05) is 27.7 Å². The van der Waals surface area contributed by atoms with Crippen LogP contribution in [-0.4, -0.2) is 24.5 Å². The Bertz CT molecular complexity index is 133. The second kappa shape index (κ2) is 4.99. The molecule has 0 aliphatic carbocycles. The van der Waals surface area contributed by atoms with Crippen molar-refractivity contribution in [2.45, 2.75) is 54.0 Å². The van der Waals surface area contributed by atoms with Crippen molar-refractivity contribution >= 4 is 0 Å². The first kappa shape index (κ1) is 13.0. The molecule has 0 saturated heterocycles. The molecule has 0 N–H and O–H groups in total. The van der Waals surface area contributed by atoms with Crippen LogP contribution in [0.4, 0.5) is 0 Å². The minimum absolute atomic E-state index is 0.456. The summed E-state index contributed by atoms with van der Waals surface area (Å²) in [6, 6.07) is 0.673. The van der Waals surface area contributed by atoms with Crippen LogP contribution < -0.4 is 0 Å². The first-order valence-electron chi connectivity index (χ1n) is 5.45. The topological polar surface area (TPSA) is 3.24 Å². The molecule has 1 atom stereocenters. The lowest BCUT2D eigenvalue weighted by atomic mass is 9.80. The summed E-state index contributed by atoms with van der Waals surface area (Å²) in [5.74, 6) is 0.800. The van der Waals surface area contributed by atoms with Crippen LogP contribution in [0.5, 0.6) is 0 Å². The fraction of sp³-hybridized carbons (Fsp3) is 1.00. The lowest BCUT2D eigenvalue weighted by molar-refractivity contribution is 0.195. The van der Waals surface area contributed by atoms with Gasteiger partial charge in [-0.3, -0.25) is 0 Å². The van der Waals surface area contributed by atoms with Crippen LogP contribution in [0.1, 0.15) is 48.0 Å². The second-order valence-electron chi connectivity index (χ2n) is 5.63. The van der Waals surface area contributed by atoms with Crippen molar-refractivity contribution in [1.82, 2.24) is 4.90 Å². The van der Waals surface area contributed by atoms with E-state index in [0.717, 1.165) is 5.92 Å². The van der Waals surface area contributed by atoms with Crippen molar-refractivity contribution in [2.24, 2.45) is 11.3 Å². The third kappa shape index (κ3) is 5.30. The quantitative estimate of drug-likeness (QED) is 0.649. The van der Waals surface area contributed by atoms with Crippen molar-refractivity contribution < 1.29 is 0 Å². The van der Waals surface area contributed by atoms with E-state index in [1.807, 2.05) is 0 Å². The molecule has 0 radical (unpaired) electrons. The third-order valence-electron chi connectivity index (χ3n) is 3.27. The maximum atomic E-state index is 2.42. The van der Waals surface area contributed by atoms with Gasteiger partial charge < -0.3 is 4.90 Å². The number of rotatable bonds is 4. The van der Waals surface area contributed by atoms with Gasteiger partial charge in [0.1, 0.15) is 0 Å². The van der Waals surface area contributed by atoms with E-state index in [-0.39, 0.29) is 0 Å². The zero-order chi connectivity index (χ0) is 10.6. The largest absolute Gasteiger partial charge is 0.304 e. The summed E-state index contributed by atoms with van der Waals surface area (Å²) in [7, 11) is 2.21. The molecule has 0 heterocycles. The molecule has 0 amide bonds. The summed E-state index contributed by atoms with van der Waals surface area (Å²) < 4.78 is 0. The summed E-state index contributed by atoms with van der Waals surface area (Å²) >= 11 is 0. The molecule has 1 heteroatoms. The Morgan fingerprint density at radius 1 is 1.08 bits per heavy atom. The van der Waals surface area contributed by atoms with E-state index < -0.39 is 0 Å². The summed E-state index contributed by atoms with van der Waals surface area (Å²) in [4.78, 5) is 2.42. The Labute approximate surface area is 84.5 Å². The fourth-order valence-electron chi connectivity index (χ4n) is 1.09. The lowest BCUT2D eigenvalue weighted by Crippen LogP contribution is -2.30. The van der Waals surface area contributed by atoms with Crippen LogP contribution in [-0.2, 0) is 0 Å². The van der Waals surface area contributed by atoms with E-state index in [2.05, 4.69) is 53.5 Å². The molecule has 80 valence electrons. The highest BCUT2D eigenvalue weighted by Crippen LogP contribution is 2.28. The molecule has 0 aromatic rings. The molecule has 0 saturated carbocycles. The van der Waals surface area contributed by atoms with Crippen LogP contribution in [0.3, 0.4) is 0 Å². The van der Waals surface area contributed by atoms with Crippen molar-refractivity contribution in [3.8, 4) is 0 Å². The fourth-order valence-corrected chi connectivity index (χ4v) is 1.09. The summed E-state index contributed by atoms with van der Waals surface area (Å²) in [5.41, 5.74) is 0.456. The molecule has 13 heavy (non-hydrogen) atoms. The van der Waals surface area contributed by atoms with Gasteiger partial charge in [0, 0.05) is 6.04 Å². The predicted octanol–water partition coefficient (Wildman–Crippen LogP) is 3.40. The van der Waals surface area contributed by atoms with Gasteiger partial charge in [-0.15, -0.1) is 0 Å². The Balaban J connectivity index is 3.77. The third-order valence-corrected chi connectivity index (χ3v) is 3.27. The van der Waals surface area contributed by atoms with Crippen molar-refractivity contribution in [3.05, 3.63) is 0 Å². The van der Waals surface area contributed by atoms with Crippen molar-refractivity contribution in [2.75, 3.05) is 13.6 Å². The van der Waals surface area contributed by atoms with Crippen LogP contribution in [0, 0.1) is 11.3 Å². The summed E-state index contributed by atoms with van der Waals surface area (Å²) in [5, 5.41) is 0. The summed E-state index contributed by atoms with van der Waals surface area (Å²) in [6.45, 7) is 15.1. The van der Waals surface area contributed by atoms with E-state index >= 15 is 0 Å². The maximum absolute atomic E-state index is 2.42. The van der Waals surface area contributed by atoms with Crippen LogP contribution in [0.15, 0.2) is 0 Å². The maximum Gasteiger partial charge on any atom is 0.00355 e. The molecule has 0 spiro atoms. The molecule has 0 aliphatic heterocycles. The number of hydrogen-bond acceptors (Lipinski definition) is 1. The summed E-state index contributed by atoms with van der Waals surface area (Å²) in [6.07, 6.45) is 1.30. The smallest absolute Gasteiger partial charge is 0.00355 e. The molecule has 0 aromatic carbocycles. The second-order valence-corrected chi connectivity index (χ2v) is 5.63. The van der Waals surface area contributed by atoms with Gasteiger partial charge in [0.25, 0.3) is 0 Å². The standard InChI is InChI=1S/C12H27N/c1-10(2)13(7)9-8-11(3)12(4,5)6/h10-11H,8-9H2,1-7H3. The van der Waals surface area contributed by atoms with Gasteiger partial charge in [-0.25, -0.2) is 0 Å². The molecular weight excluding hydrogens is 158 g/mol. The zero-order valence-electron chi connectivity index (χ0n) is 10.5. The Hall–Kier alpha value is -0.0400. The van der Waals surface area contributed by atoms with E-state index in [1.165, 1.54) is 13.0 Å². The van der Waals surface area contributed by atoms with Crippen molar-refractivity contribution in [1.29, 1.82) is 0 Å². The molecule has 1 nitrogen and oxygen atoms in total. The first-order valence-corrected chi connectivity index (χ1v) is 5.45. The van der Waals surface area contributed by atoms with Crippen LogP contribution in [0.2, 0.25) is 0 Å². The van der Waals surface area contributed by atoms with E-state index in [9.17, 15) is 0 Å². The first-order chi connectivity index (χ1) is 5.75. The molecular formula is C12H27N. The highest BCUT2D eigenvalue weighted by atomic mass is 15.1. The molecule has 0 rings (SSSR count). The van der Waals surface area contributed by atoms with Gasteiger partial charge in [0.05, 0.1) is 0 Å². The van der Waals surface area contributed by atoms with E-state index in [1.54, 1.807) is 0 Å². The van der Waals surface area contributed by atoms with Crippen LogP contribution in [0.25, 0.3) is 0 Å². The zero-order valence-corrected chi connectivity index (χ0v) is 10.5.